The van der Waals surface area contributed by atoms with E-state index in [1.54, 1.807) is 31.3 Å². The molecule has 0 aliphatic carbocycles. The molecule has 3 rings (SSSR count). The molecule has 0 saturated carbocycles. The summed E-state index contributed by atoms with van der Waals surface area (Å²) in [5.41, 5.74) is -1.60. The molecular formula is C19H16ClF2N3O2. The minimum Gasteiger partial charge on any atom is -0.478 e. The van der Waals surface area contributed by atoms with Gasteiger partial charge in [0.15, 0.2) is 5.84 Å². The standard InChI is InChI=1S/C19H16ClF2N3O2/c1-3-25-16(20)15(18(26)27)19(2,12-8-7-11(21)10-13(12)22)24-17(25)14-6-4-5-9-23-14/h4-10H,3H2,1-2H3,(H,26,27). The van der Waals surface area contributed by atoms with E-state index < -0.39 is 23.1 Å². The van der Waals surface area contributed by atoms with Gasteiger partial charge >= 0.3 is 5.97 Å². The van der Waals surface area contributed by atoms with E-state index in [0.29, 0.717) is 24.1 Å². The second-order valence-corrected chi connectivity index (χ2v) is 6.42. The zero-order valence-corrected chi connectivity index (χ0v) is 15.3. The van der Waals surface area contributed by atoms with Crippen LogP contribution >= 0.6 is 11.6 Å². The predicted octanol–water partition coefficient (Wildman–Crippen LogP) is 3.89. The van der Waals surface area contributed by atoms with Gasteiger partial charge in [-0.15, -0.1) is 0 Å². The van der Waals surface area contributed by atoms with Crippen LogP contribution in [0.25, 0.3) is 0 Å². The van der Waals surface area contributed by atoms with Gasteiger partial charge in [0.1, 0.15) is 33.6 Å². The second-order valence-electron chi connectivity index (χ2n) is 6.06. The third-order valence-corrected chi connectivity index (χ3v) is 4.79. The SMILES string of the molecule is CCN1C(c2ccccn2)=NC(C)(c2ccc(F)cc2F)C(C(=O)O)=C1Cl. The number of carboxylic acids is 1. The number of benzene rings is 1. The van der Waals surface area contributed by atoms with Crippen molar-refractivity contribution in [2.24, 2.45) is 4.99 Å². The Hall–Kier alpha value is -2.80. The van der Waals surface area contributed by atoms with Crippen LogP contribution < -0.4 is 0 Å². The minimum absolute atomic E-state index is 0.0909. The number of halogens is 3. The first-order valence-corrected chi connectivity index (χ1v) is 8.55. The summed E-state index contributed by atoms with van der Waals surface area (Å²) in [5, 5.41) is 9.68. The van der Waals surface area contributed by atoms with Crippen molar-refractivity contribution in [3.63, 3.8) is 0 Å². The second kappa shape index (κ2) is 7.08. The van der Waals surface area contributed by atoms with Gasteiger partial charge in [0.05, 0.1) is 0 Å². The number of carboxylic acid groups (broad SMARTS) is 1. The molecule has 1 aromatic carbocycles. The number of amidine groups is 1. The van der Waals surface area contributed by atoms with Gasteiger partial charge in [-0.2, -0.15) is 0 Å². The van der Waals surface area contributed by atoms with Crippen molar-refractivity contribution < 1.29 is 18.7 Å². The van der Waals surface area contributed by atoms with Crippen molar-refractivity contribution in [2.75, 3.05) is 6.54 Å². The number of pyridine rings is 1. The van der Waals surface area contributed by atoms with E-state index in [1.165, 1.54) is 17.9 Å². The zero-order chi connectivity index (χ0) is 19.8. The van der Waals surface area contributed by atoms with Crippen molar-refractivity contribution in [1.82, 2.24) is 9.88 Å². The summed E-state index contributed by atoms with van der Waals surface area (Å²) in [7, 11) is 0. The van der Waals surface area contributed by atoms with Crippen LogP contribution in [0.2, 0.25) is 0 Å². The highest BCUT2D eigenvalue weighted by atomic mass is 35.5. The van der Waals surface area contributed by atoms with Gasteiger partial charge in [-0.25, -0.2) is 18.6 Å². The van der Waals surface area contributed by atoms with Crippen molar-refractivity contribution >= 4 is 23.4 Å². The molecule has 1 aliphatic heterocycles. The Morgan fingerprint density at radius 3 is 2.59 bits per heavy atom. The number of aromatic nitrogens is 1. The Morgan fingerprint density at radius 2 is 2.04 bits per heavy atom. The lowest BCUT2D eigenvalue weighted by Gasteiger charge is -2.38. The fourth-order valence-corrected chi connectivity index (χ4v) is 3.58. The molecule has 2 heterocycles. The van der Waals surface area contributed by atoms with E-state index >= 15 is 0 Å². The fourth-order valence-electron chi connectivity index (χ4n) is 3.11. The summed E-state index contributed by atoms with van der Waals surface area (Å²) in [5.74, 6) is -2.71. The molecule has 0 saturated heterocycles. The maximum absolute atomic E-state index is 14.6. The van der Waals surface area contributed by atoms with Crippen LogP contribution in [0.4, 0.5) is 8.78 Å². The van der Waals surface area contributed by atoms with Crippen molar-refractivity contribution in [3.8, 4) is 0 Å². The normalized spacial score (nSPS) is 19.9. The Morgan fingerprint density at radius 1 is 1.30 bits per heavy atom. The van der Waals surface area contributed by atoms with E-state index in [0.717, 1.165) is 6.07 Å². The molecule has 0 bridgehead atoms. The van der Waals surface area contributed by atoms with Gasteiger partial charge in [0, 0.05) is 24.4 Å². The Kier molecular flexibility index (Phi) is 4.97. The minimum atomic E-state index is -1.67. The summed E-state index contributed by atoms with van der Waals surface area (Å²) in [6, 6.07) is 8.09. The Balaban J connectivity index is 2.32. The van der Waals surface area contributed by atoms with Gasteiger partial charge in [-0.1, -0.05) is 23.7 Å². The van der Waals surface area contributed by atoms with E-state index in [1.807, 2.05) is 0 Å². The van der Waals surface area contributed by atoms with Crippen molar-refractivity contribution in [1.29, 1.82) is 0 Å². The third kappa shape index (κ3) is 3.19. The van der Waals surface area contributed by atoms with Crippen LogP contribution in [0.15, 0.2) is 58.3 Å². The molecule has 0 amide bonds. The number of aliphatic carboxylic acids is 1. The highest BCUT2D eigenvalue weighted by Crippen LogP contribution is 2.42. The monoisotopic (exact) mass is 391 g/mol. The number of hydrogen-bond acceptors (Lipinski definition) is 4. The molecule has 2 aromatic rings. The molecule has 1 aliphatic rings. The van der Waals surface area contributed by atoms with Gasteiger partial charge in [-0.05, 0) is 32.0 Å². The van der Waals surface area contributed by atoms with Crippen LogP contribution in [-0.2, 0) is 10.3 Å². The first-order valence-electron chi connectivity index (χ1n) is 8.17. The predicted molar refractivity (Wildman–Crippen MR) is 97.4 cm³/mol. The number of carbonyl (C=O) groups is 1. The van der Waals surface area contributed by atoms with Crippen LogP contribution in [-0.4, -0.2) is 33.3 Å². The Labute approximate surface area is 159 Å². The quantitative estimate of drug-likeness (QED) is 0.803. The molecule has 1 aromatic heterocycles. The lowest BCUT2D eigenvalue weighted by molar-refractivity contribution is -0.133. The lowest BCUT2D eigenvalue weighted by Crippen LogP contribution is -2.43. The zero-order valence-electron chi connectivity index (χ0n) is 14.6. The van der Waals surface area contributed by atoms with E-state index in [9.17, 15) is 18.7 Å². The summed E-state index contributed by atoms with van der Waals surface area (Å²) in [6.07, 6.45) is 1.56. The molecule has 0 radical (unpaired) electrons. The molecule has 27 heavy (non-hydrogen) atoms. The molecular weight excluding hydrogens is 376 g/mol. The average molecular weight is 392 g/mol. The fraction of sp³-hybridized carbons (Fsp3) is 0.211. The van der Waals surface area contributed by atoms with Gasteiger partial charge < -0.3 is 10.0 Å². The average Bonchev–Trinajstić information content (AvgIpc) is 2.61. The number of hydrogen-bond donors (Lipinski definition) is 1. The first-order chi connectivity index (χ1) is 12.8. The molecule has 8 heteroatoms. The van der Waals surface area contributed by atoms with Crippen molar-refractivity contribution in [3.05, 3.63) is 76.2 Å². The number of nitrogens with zero attached hydrogens (tertiary/aromatic N) is 3. The lowest BCUT2D eigenvalue weighted by atomic mass is 9.83. The maximum Gasteiger partial charge on any atom is 0.337 e. The summed E-state index contributed by atoms with van der Waals surface area (Å²) < 4.78 is 27.9. The number of rotatable bonds is 4. The summed E-state index contributed by atoms with van der Waals surface area (Å²) in [4.78, 5) is 22.3. The van der Waals surface area contributed by atoms with Crippen molar-refractivity contribution in [2.45, 2.75) is 19.4 Å². The van der Waals surface area contributed by atoms with E-state index in [4.69, 9.17) is 11.6 Å². The molecule has 0 spiro atoms. The molecule has 0 fully saturated rings. The largest absolute Gasteiger partial charge is 0.478 e. The van der Waals surface area contributed by atoms with Gasteiger partial charge in [-0.3, -0.25) is 4.98 Å². The number of aliphatic imine (C=N–C) groups is 1. The van der Waals surface area contributed by atoms with E-state index in [-0.39, 0.29) is 16.3 Å². The van der Waals surface area contributed by atoms with Crippen LogP contribution in [0.5, 0.6) is 0 Å². The van der Waals surface area contributed by atoms with E-state index in [2.05, 4.69) is 9.98 Å². The van der Waals surface area contributed by atoms with Gasteiger partial charge in [0.2, 0.25) is 0 Å². The molecule has 1 atom stereocenters. The van der Waals surface area contributed by atoms with Crippen LogP contribution in [0.3, 0.4) is 0 Å². The first kappa shape index (κ1) is 19.0. The molecule has 5 nitrogen and oxygen atoms in total. The molecule has 1 unspecified atom stereocenters. The molecule has 1 N–H and O–H groups in total. The Bertz CT molecular complexity index is 963. The highest BCUT2D eigenvalue weighted by Gasteiger charge is 2.45. The van der Waals surface area contributed by atoms with Gasteiger partial charge in [0.25, 0.3) is 0 Å². The third-order valence-electron chi connectivity index (χ3n) is 4.39. The van der Waals surface area contributed by atoms with Crippen LogP contribution in [0.1, 0.15) is 25.1 Å². The summed E-state index contributed by atoms with van der Waals surface area (Å²) in [6.45, 7) is 3.54. The summed E-state index contributed by atoms with van der Waals surface area (Å²) >= 11 is 6.43. The maximum atomic E-state index is 14.6. The molecule has 140 valence electrons. The highest BCUT2D eigenvalue weighted by molar-refractivity contribution is 6.33. The van der Waals surface area contributed by atoms with Crippen LogP contribution in [0, 0.1) is 11.6 Å². The topological polar surface area (TPSA) is 65.8 Å². The smallest absolute Gasteiger partial charge is 0.337 e.